The average molecular weight is 239 g/mol. The number of hydrogen-bond acceptors (Lipinski definition) is 3. The molecule has 0 aromatic carbocycles. The van der Waals surface area contributed by atoms with E-state index in [2.05, 4.69) is 38.1 Å². The summed E-state index contributed by atoms with van der Waals surface area (Å²) in [4.78, 5) is 0. The predicted octanol–water partition coefficient (Wildman–Crippen LogP) is 2.31. The van der Waals surface area contributed by atoms with Gasteiger partial charge < -0.3 is 10.1 Å². The SMILES string of the molecule is CCOc1cnn(CC(C)CNC(C)(C)C)c1. The second-order valence-electron chi connectivity index (χ2n) is 5.57. The highest BCUT2D eigenvalue weighted by Crippen LogP contribution is 2.10. The molecule has 0 radical (unpaired) electrons. The Morgan fingerprint density at radius 1 is 1.47 bits per heavy atom. The molecule has 0 fully saturated rings. The average Bonchev–Trinajstić information content (AvgIpc) is 2.62. The van der Waals surface area contributed by atoms with Gasteiger partial charge in [0.1, 0.15) is 0 Å². The topological polar surface area (TPSA) is 39.1 Å². The quantitative estimate of drug-likeness (QED) is 0.828. The number of nitrogens with one attached hydrogen (secondary N) is 1. The summed E-state index contributed by atoms with van der Waals surface area (Å²) in [6.07, 6.45) is 3.73. The lowest BCUT2D eigenvalue weighted by atomic mass is 10.1. The molecule has 0 spiro atoms. The van der Waals surface area contributed by atoms with Crippen molar-refractivity contribution in [1.82, 2.24) is 15.1 Å². The minimum absolute atomic E-state index is 0.175. The van der Waals surface area contributed by atoms with Gasteiger partial charge in [0.2, 0.25) is 0 Å². The largest absolute Gasteiger partial charge is 0.491 e. The van der Waals surface area contributed by atoms with Gasteiger partial charge in [0, 0.05) is 12.1 Å². The summed E-state index contributed by atoms with van der Waals surface area (Å²) in [5.41, 5.74) is 0.175. The molecule has 1 aromatic heterocycles. The molecule has 0 bridgehead atoms. The van der Waals surface area contributed by atoms with Crippen LogP contribution in [-0.2, 0) is 6.54 Å². The van der Waals surface area contributed by atoms with Crippen LogP contribution in [0.25, 0.3) is 0 Å². The summed E-state index contributed by atoms with van der Waals surface area (Å²) in [6, 6.07) is 0. The molecule has 1 heterocycles. The second-order valence-corrected chi connectivity index (χ2v) is 5.57. The fourth-order valence-electron chi connectivity index (χ4n) is 1.55. The van der Waals surface area contributed by atoms with E-state index < -0.39 is 0 Å². The zero-order chi connectivity index (χ0) is 12.9. The summed E-state index contributed by atoms with van der Waals surface area (Å²) >= 11 is 0. The third-order valence-corrected chi connectivity index (χ3v) is 2.40. The molecule has 0 aliphatic heterocycles. The smallest absolute Gasteiger partial charge is 0.157 e. The number of rotatable bonds is 6. The summed E-state index contributed by atoms with van der Waals surface area (Å²) in [7, 11) is 0. The van der Waals surface area contributed by atoms with E-state index >= 15 is 0 Å². The van der Waals surface area contributed by atoms with Crippen molar-refractivity contribution in [3.63, 3.8) is 0 Å². The Morgan fingerprint density at radius 3 is 2.76 bits per heavy atom. The summed E-state index contributed by atoms with van der Waals surface area (Å²) in [5.74, 6) is 1.40. The van der Waals surface area contributed by atoms with E-state index in [1.807, 2.05) is 17.8 Å². The molecular weight excluding hydrogens is 214 g/mol. The van der Waals surface area contributed by atoms with Crippen molar-refractivity contribution in [2.75, 3.05) is 13.2 Å². The summed E-state index contributed by atoms with van der Waals surface area (Å²) in [6.45, 7) is 13.3. The first kappa shape index (κ1) is 14.0. The van der Waals surface area contributed by atoms with E-state index in [-0.39, 0.29) is 5.54 Å². The second kappa shape index (κ2) is 6.05. The van der Waals surface area contributed by atoms with Gasteiger partial charge in [-0.2, -0.15) is 5.10 Å². The highest BCUT2D eigenvalue weighted by Gasteiger charge is 2.11. The van der Waals surface area contributed by atoms with Crippen molar-refractivity contribution in [3.8, 4) is 5.75 Å². The monoisotopic (exact) mass is 239 g/mol. The van der Waals surface area contributed by atoms with Crippen LogP contribution >= 0.6 is 0 Å². The maximum atomic E-state index is 5.38. The van der Waals surface area contributed by atoms with E-state index in [4.69, 9.17) is 4.74 Å². The molecule has 4 nitrogen and oxygen atoms in total. The third-order valence-electron chi connectivity index (χ3n) is 2.40. The zero-order valence-corrected chi connectivity index (χ0v) is 11.7. The normalized spacial score (nSPS) is 13.7. The Labute approximate surface area is 104 Å². The molecule has 0 saturated carbocycles. The highest BCUT2D eigenvalue weighted by molar-refractivity contribution is 5.11. The maximum Gasteiger partial charge on any atom is 0.157 e. The molecule has 1 rings (SSSR count). The van der Waals surface area contributed by atoms with Crippen LogP contribution in [0, 0.1) is 5.92 Å². The van der Waals surface area contributed by atoms with Crippen LogP contribution in [0.15, 0.2) is 12.4 Å². The van der Waals surface area contributed by atoms with Gasteiger partial charge in [-0.3, -0.25) is 4.68 Å². The first-order chi connectivity index (χ1) is 7.90. The Bertz CT molecular complexity index is 328. The fourth-order valence-corrected chi connectivity index (χ4v) is 1.55. The van der Waals surface area contributed by atoms with Gasteiger partial charge in [-0.25, -0.2) is 0 Å². The van der Waals surface area contributed by atoms with Crippen LogP contribution in [-0.4, -0.2) is 28.5 Å². The molecular formula is C13H25N3O. The lowest BCUT2D eigenvalue weighted by molar-refractivity contribution is 0.336. The highest BCUT2D eigenvalue weighted by atomic mass is 16.5. The Kier molecular flexibility index (Phi) is 5.00. The molecule has 17 heavy (non-hydrogen) atoms. The van der Waals surface area contributed by atoms with Crippen LogP contribution in [0.5, 0.6) is 5.75 Å². The van der Waals surface area contributed by atoms with Gasteiger partial charge in [0.25, 0.3) is 0 Å². The molecule has 0 aliphatic carbocycles. The molecule has 1 aromatic rings. The number of nitrogens with zero attached hydrogens (tertiary/aromatic N) is 2. The van der Waals surface area contributed by atoms with E-state index in [1.54, 1.807) is 6.20 Å². The van der Waals surface area contributed by atoms with Gasteiger partial charge in [-0.15, -0.1) is 0 Å². The predicted molar refractivity (Wildman–Crippen MR) is 70.3 cm³/mol. The molecule has 0 amide bonds. The molecule has 1 atom stereocenters. The summed E-state index contributed by atoms with van der Waals surface area (Å²) < 4.78 is 7.33. The van der Waals surface area contributed by atoms with Crippen molar-refractivity contribution >= 4 is 0 Å². The van der Waals surface area contributed by atoms with E-state index in [1.165, 1.54) is 0 Å². The van der Waals surface area contributed by atoms with Crippen molar-refractivity contribution in [3.05, 3.63) is 12.4 Å². The minimum Gasteiger partial charge on any atom is -0.491 e. The Hall–Kier alpha value is -1.03. The van der Waals surface area contributed by atoms with Gasteiger partial charge in [-0.05, 0) is 40.2 Å². The zero-order valence-electron chi connectivity index (χ0n) is 11.7. The van der Waals surface area contributed by atoms with Crippen LogP contribution in [0.4, 0.5) is 0 Å². The number of aromatic nitrogens is 2. The molecule has 0 aliphatic rings. The van der Waals surface area contributed by atoms with Crippen LogP contribution in [0.3, 0.4) is 0 Å². The number of hydrogen-bond donors (Lipinski definition) is 1. The van der Waals surface area contributed by atoms with Crippen LogP contribution in [0.2, 0.25) is 0 Å². The van der Waals surface area contributed by atoms with Crippen molar-refractivity contribution in [2.45, 2.75) is 46.7 Å². The van der Waals surface area contributed by atoms with Crippen LogP contribution in [0.1, 0.15) is 34.6 Å². The Balaban J connectivity index is 2.36. The third kappa shape index (κ3) is 5.73. The first-order valence-corrected chi connectivity index (χ1v) is 6.31. The minimum atomic E-state index is 0.175. The summed E-state index contributed by atoms with van der Waals surface area (Å²) in [5, 5.41) is 7.78. The molecule has 1 unspecified atom stereocenters. The van der Waals surface area contributed by atoms with E-state index in [0.29, 0.717) is 12.5 Å². The lowest BCUT2D eigenvalue weighted by Crippen LogP contribution is -2.39. The molecule has 4 heteroatoms. The van der Waals surface area contributed by atoms with Gasteiger partial charge in [-0.1, -0.05) is 6.92 Å². The molecule has 1 N–H and O–H groups in total. The van der Waals surface area contributed by atoms with Crippen molar-refractivity contribution in [2.24, 2.45) is 5.92 Å². The Morgan fingerprint density at radius 2 is 2.18 bits per heavy atom. The van der Waals surface area contributed by atoms with E-state index in [9.17, 15) is 0 Å². The maximum absolute atomic E-state index is 5.38. The van der Waals surface area contributed by atoms with Crippen molar-refractivity contribution in [1.29, 1.82) is 0 Å². The van der Waals surface area contributed by atoms with Gasteiger partial charge >= 0.3 is 0 Å². The van der Waals surface area contributed by atoms with Crippen LogP contribution < -0.4 is 10.1 Å². The van der Waals surface area contributed by atoms with Gasteiger partial charge in [0.15, 0.2) is 5.75 Å². The standard InChI is InChI=1S/C13H25N3O/c1-6-17-12-8-15-16(10-12)9-11(2)7-14-13(3,4)5/h8,10-11,14H,6-7,9H2,1-5H3. The van der Waals surface area contributed by atoms with Gasteiger partial charge in [0.05, 0.1) is 19.0 Å². The first-order valence-electron chi connectivity index (χ1n) is 6.31. The van der Waals surface area contributed by atoms with E-state index in [0.717, 1.165) is 18.8 Å². The fraction of sp³-hybridized carbons (Fsp3) is 0.769. The molecule has 0 saturated heterocycles. The number of ether oxygens (including phenoxy) is 1. The molecule has 98 valence electrons. The van der Waals surface area contributed by atoms with Crippen molar-refractivity contribution < 1.29 is 4.74 Å². The lowest BCUT2D eigenvalue weighted by Gasteiger charge is -2.23.